The number of aromatic nitrogens is 2. The summed E-state index contributed by atoms with van der Waals surface area (Å²) in [5.41, 5.74) is 7.16. The fourth-order valence-corrected chi connectivity index (χ4v) is 2.33. The van der Waals surface area contributed by atoms with Crippen LogP contribution in [0.4, 0.5) is 5.95 Å². The van der Waals surface area contributed by atoms with Gasteiger partial charge in [-0.3, -0.25) is 4.79 Å². The van der Waals surface area contributed by atoms with Crippen molar-refractivity contribution in [3.63, 3.8) is 0 Å². The average molecular weight is 262 g/mol. The van der Waals surface area contributed by atoms with Crippen molar-refractivity contribution in [1.82, 2.24) is 9.97 Å². The van der Waals surface area contributed by atoms with Crippen molar-refractivity contribution >= 4 is 11.9 Å². The average Bonchev–Trinajstić information content (AvgIpc) is 2.45. The maximum Gasteiger partial charge on any atom is 0.225 e. The Morgan fingerprint density at radius 1 is 1.26 bits per heavy atom. The van der Waals surface area contributed by atoms with Crippen molar-refractivity contribution < 1.29 is 4.79 Å². The quantitative estimate of drug-likeness (QED) is 0.871. The van der Waals surface area contributed by atoms with Gasteiger partial charge in [0.05, 0.1) is 0 Å². The Balaban J connectivity index is 2.16. The third kappa shape index (κ3) is 3.91. The first-order valence-corrected chi connectivity index (χ1v) is 7.09. The number of carbonyl (C=O) groups excluding carboxylic acids is 1. The molecule has 0 aromatic carbocycles. The molecule has 0 radical (unpaired) electrons. The van der Waals surface area contributed by atoms with E-state index in [0.717, 1.165) is 36.8 Å². The first kappa shape index (κ1) is 13.8. The highest BCUT2D eigenvalue weighted by atomic mass is 16.1. The fourth-order valence-electron chi connectivity index (χ4n) is 2.33. The van der Waals surface area contributed by atoms with Crippen molar-refractivity contribution in [2.45, 2.75) is 45.4 Å². The van der Waals surface area contributed by atoms with Gasteiger partial charge in [-0.25, -0.2) is 9.97 Å². The van der Waals surface area contributed by atoms with Crippen molar-refractivity contribution in [2.24, 2.45) is 5.73 Å². The summed E-state index contributed by atoms with van der Waals surface area (Å²) in [6.07, 6.45) is 5.53. The molecule has 2 N–H and O–H groups in total. The van der Waals surface area contributed by atoms with Crippen LogP contribution in [0.5, 0.6) is 0 Å². The van der Waals surface area contributed by atoms with Crippen molar-refractivity contribution in [3.05, 3.63) is 17.5 Å². The van der Waals surface area contributed by atoms with E-state index in [-0.39, 0.29) is 5.91 Å². The number of hydrogen-bond acceptors (Lipinski definition) is 4. The standard InChI is InChI=1S/C14H22N4O/c1-2-11-10-12(6-7-13(15)19)17-14(16-11)18-8-4-3-5-9-18/h10H,2-9H2,1H3,(H2,15,19). The fraction of sp³-hybridized carbons (Fsp3) is 0.643. The minimum atomic E-state index is -0.281. The Bertz CT molecular complexity index is 441. The minimum Gasteiger partial charge on any atom is -0.370 e. The summed E-state index contributed by atoms with van der Waals surface area (Å²) in [6.45, 7) is 4.14. The van der Waals surface area contributed by atoms with Gasteiger partial charge in [0.2, 0.25) is 11.9 Å². The minimum absolute atomic E-state index is 0.281. The molecule has 0 saturated carbocycles. The van der Waals surface area contributed by atoms with Crippen molar-refractivity contribution in [2.75, 3.05) is 18.0 Å². The highest BCUT2D eigenvalue weighted by Crippen LogP contribution is 2.17. The monoisotopic (exact) mass is 262 g/mol. The van der Waals surface area contributed by atoms with Crippen LogP contribution in [0.25, 0.3) is 0 Å². The third-order valence-electron chi connectivity index (χ3n) is 3.45. The SMILES string of the molecule is CCc1cc(CCC(N)=O)nc(N2CCCCC2)n1. The predicted octanol–water partition coefficient (Wildman–Crippen LogP) is 1.45. The Morgan fingerprint density at radius 3 is 2.58 bits per heavy atom. The van der Waals surface area contributed by atoms with E-state index in [4.69, 9.17) is 5.73 Å². The normalized spacial score (nSPS) is 15.5. The van der Waals surface area contributed by atoms with Crippen molar-refractivity contribution in [1.29, 1.82) is 0 Å². The lowest BCUT2D eigenvalue weighted by Crippen LogP contribution is -2.31. The molecule has 104 valence electrons. The maximum atomic E-state index is 10.9. The van der Waals surface area contributed by atoms with E-state index in [2.05, 4.69) is 21.8 Å². The zero-order chi connectivity index (χ0) is 13.7. The molecule has 1 amide bonds. The van der Waals surface area contributed by atoms with Gasteiger partial charge in [0.1, 0.15) is 0 Å². The number of nitrogens with two attached hydrogens (primary N) is 1. The van der Waals surface area contributed by atoms with Crippen LogP contribution in [-0.2, 0) is 17.6 Å². The van der Waals surface area contributed by atoms with E-state index >= 15 is 0 Å². The largest absolute Gasteiger partial charge is 0.370 e. The first-order valence-electron chi connectivity index (χ1n) is 7.09. The summed E-state index contributed by atoms with van der Waals surface area (Å²) < 4.78 is 0. The topological polar surface area (TPSA) is 72.1 Å². The second kappa shape index (κ2) is 6.50. The summed E-state index contributed by atoms with van der Waals surface area (Å²) >= 11 is 0. The van der Waals surface area contributed by atoms with Crippen molar-refractivity contribution in [3.8, 4) is 0 Å². The molecule has 0 spiro atoms. The number of piperidine rings is 1. The number of primary amides is 1. The van der Waals surface area contributed by atoms with E-state index in [9.17, 15) is 4.79 Å². The van der Waals surface area contributed by atoms with Crippen LogP contribution in [-0.4, -0.2) is 29.0 Å². The van der Waals surface area contributed by atoms with Gasteiger partial charge >= 0.3 is 0 Å². The van der Waals surface area contributed by atoms with E-state index in [1.54, 1.807) is 0 Å². The number of amides is 1. The van der Waals surface area contributed by atoms with Crippen LogP contribution in [0.3, 0.4) is 0 Å². The molecule has 0 aliphatic carbocycles. The van der Waals surface area contributed by atoms with Gasteiger partial charge in [-0.05, 0) is 38.2 Å². The molecule has 0 atom stereocenters. The number of rotatable bonds is 5. The Morgan fingerprint density at radius 2 is 1.95 bits per heavy atom. The molecular formula is C14H22N4O. The second-order valence-electron chi connectivity index (χ2n) is 5.02. The van der Waals surface area contributed by atoms with Crippen LogP contribution in [0.15, 0.2) is 6.07 Å². The molecule has 1 saturated heterocycles. The summed E-state index contributed by atoms with van der Waals surface area (Å²) in [5.74, 6) is 0.537. The Labute approximate surface area is 114 Å². The molecule has 1 aliphatic rings. The van der Waals surface area contributed by atoms with Gasteiger partial charge < -0.3 is 10.6 Å². The number of carbonyl (C=O) groups is 1. The molecule has 1 aliphatic heterocycles. The lowest BCUT2D eigenvalue weighted by atomic mass is 10.1. The Hall–Kier alpha value is -1.65. The van der Waals surface area contributed by atoms with Gasteiger partial charge in [0.25, 0.3) is 0 Å². The van der Waals surface area contributed by atoms with E-state index < -0.39 is 0 Å². The molecule has 1 aromatic heterocycles. The van der Waals surface area contributed by atoms with E-state index in [1.165, 1.54) is 19.3 Å². The number of aryl methyl sites for hydroxylation is 2. The smallest absolute Gasteiger partial charge is 0.225 e. The number of nitrogens with zero attached hydrogens (tertiary/aromatic N) is 3. The molecule has 0 bridgehead atoms. The van der Waals surface area contributed by atoms with Crippen LogP contribution in [0.2, 0.25) is 0 Å². The molecule has 1 fully saturated rings. The zero-order valence-electron chi connectivity index (χ0n) is 11.6. The van der Waals surface area contributed by atoms with Crippen LogP contribution < -0.4 is 10.6 Å². The van der Waals surface area contributed by atoms with Crippen LogP contribution >= 0.6 is 0 Å². The predicted molar refractivity (Wildman–Crippen MR) is 75.0 cm³/mol. The molecule has 0 unspecified atom stereocenters. The lowest BCUT2D eigenvalue weighted by Gasteiger charge is -2.27. The van der Waals surface area contributed by atoms with E-state index in [0.29, 0.717) is 12.8 Å². The molecule has 5 heteroatoms. The van der Waals surface area contributed by atoms with Gasteiger partial charge in [-0.1, -0.05) is 6.92 Å². The lowest BCUT2D eigenvalue weighted by molar-refractivity contribution is -0.118. The van der Waals surface area contributed by atoms with Gasteiger partial charge in [-0.15, -0.1) is 0 Å². The third-order valence-corrected chi connectivity index (χ3v) is 3.45. The molecule has 2 rings (SSSR count). The molecule has 19 heavy (non-hydrogen) atoms. The Kier molecular flexibility index (Phi) is 4.71. The highest BCUT2D eigenvalue weighted by molar-refractivity contribution is 5.73. The first-order chi connectivity index (χ1) is 9.19. The number of hydrogen-bond donors (Lipinski definition) is 1. The summed E-state index contributed by atoms with van der Waals surface area (Å²) in [7, 11) is 0. The van der Waals surface area contributed by atoms with Crippen LogP contribution in [0, 0.1) is 0 Å². The molecule has 1 aromatic rings. The van der Waals surface area contributed by atoms with Gasteiger partial charge in [0, 0.05) is 30.9 Å². The summed E-state index contributed by atoms with van der Waals surface area (Å²) in [6, 6.07) is 1.98. The highest BCUT2D eigenvalue weighted by Gasteiger charge is 2.15. The molecular weight excluding hydrogens is 240 g/mol. The van der Waals surface area contributed by atoms with Crippen LogP contribution in [0.1, 0.15) is 44.0 Å². The summed E-state index contributed by atoms with van der Waals surface area (Å²) in [5, 5.41) is 0. The second-order valence-corrected chi connectivity index (χ2v) is 5.02. The molecule has 2 heterocycles. The van der Waals surface area contributed by atoms with E-state index in [1.807, 2.05) is 6.07 Å². The molecule has 5 nitrogen and oxygen atoms in total. The number of anilines is 1. The van der Waals surface area contributed by atoms with Gasteiger partial charge in [-0.2, -0.15) is 0 Å². The summed E-state index contributed by atoms with van der Waals surface area (Å²) in [4.78, 5) is 22.3. The van der Waals surface area contributed by atoms with Gasteiger partial charge in [0.15, 0.2) is 0 Å². The zero-order valence-corrected chi connectivity index (χ0v) is 11.6. The maximum absolute atomic E-state index is 10.9.